The molecule has 0 atom stereocenters. The molecular formula is C11H11BrO3. The summed E-state index contributed by atoms with van der Waals surface area (Å²) in [6.07, 6.45) is 1.58. The molecule has 0 radical (unpaired) electrons. The van der Waals surface area contributed by atoms with Gasteiger partial charge in [0.25, 0.3) is 0 Å². The van der Waals surface area contributed by atoms with E-state index >= 15 is 0 Å². The van der Waals surface area contributed by atoms with E-state index in [9.17, 15) is 4.79 Å². The molecule has 0 amide bonds. The monoisotopic (exact) mass is 270 g/mol. The first-order chi connectivity index (χ1) is 7.06. The van der Waals surface area contributed by atoms with Crippen molar-refractivity contribution in [3.05, 3.63) is 40.4 Å². The molecule has 1 N–H and O–H groups in total. The Hall–Kier alpha value is -1.29. The van der Waals surface area contributed by atoms with E-state index in [0.29, 0.717) is 12.4 Å². The van der Waals surface area contributed by atoms with Crippen molar-refractivity contribution < 1.29 is 14.6 Å². The van der Waals surface area contributed by atoms with E-state index < -0.39 is 5.97 Å². The molecule has 3 nitrogen and oxygen atoms in total. The van der Waals surface area contributed by atoms with E-state index in [0.717, 1.165) is 10.0 Å². The van der Waals surface area contributed by atoms with Gasteiger partial charge in [-0.3, -0.25) is 0 Å². The first-order valence-electron chi connectivity index (χ1n) is 4.33. The van der Waals surface area contributed by atoms with Gasteiger partial charge in [-0.2, -0.15) is 0 Å². The van der Waals surface area contributed by atoms with E-state index in [-0.39, 0.29) is 5.56 Å². The Morgan fingerprint density at radius 2 is 2.33 bits per heavy atom. The van der Waals surface area contributed by atoms with Crippen molar-refractivity contribution in [1.29, 1.82) is 0 Å². The number of hydrogen-bond acceptors (Lipinski definition) is 2. The van der Waals surface area contributed by atoms with Gasteiger partial charge in [-0.25, -0.2) is 4.79 Å². The molecule has 0 aliphatic heterocycles. The van der Waals surface area contributed by atoms with Crippen LogP contribution in [0, 0.1) is 6.92 Å². The molecule has 0 heterocycles. The van der Waals surface area contributed by atoms with E-state index in [2.05, 4.69) is 22.5 Å². The number of hydrogen-bond donors (Lipinski definition) is 1. The maximum Gasteiger partial charge on any atom is 0.339 e. The fraction of sp³-hybridized carbons (Fsp3) is 0.182. The molecule has 1 aromatic rings. The molecule has 0 aromatic heterocycles. The minimum Gasteiger partial charge on any atom is -0.488 e. The van der Waals surface area contributed by atoms with Crippen LogP contribution in [0.1, 0.15) is 15.9 Å². The van der Waals surface area contributed by atoms with Gasteiger partial charge in [-0.15, -0.1) is 0 Å². The predicted octanol–water partition coefficient (Wildman–Crippen LogP) is 3.02. The molecule has 4 heteroatoms. The summed E-state index contributed by atoms with van der Waals surface area (Å²) in [4.78, 5) is 11.0. The lowest BCUT2D eigenvalue weighted by Crippen LogP contribution is -2.05. The summed E-state index contributed by atoms with van der Waals surface area (Å²) in [5.41, 5.74) is 0.937. The zero-order valence-electron chi connectivity index (χ0n) is 8.29. The number of benzene rings is 1. The molecule has 0 fully saturated rings. The number of aromatic carboxylic acids is 1. The second kappa shape index (κ2) is 4.98. The lowest BCUT2D eigenvalue weighted by molar-refractivity contribution is 0.0692. The van der Waals surface area contributed by atoms with Gasteiger partial charge in [0.1, 0.15) is 17.9 Å². The summed E-state index contributed by atoms with van der Waals surface area (Å²) >= 11 is 3.24. The molecule has 0 bridgehead atoms. The van der Waals surface area contributed by atoms with Gasteiger partial charge in [0.05, 0.1) is 0 Å². The number of carboxylic acid groups (broad SMARTS) is 1. The topological polar surface area (TPSA) is 46.5 Å². The average Bonchev–Trinajstić information content (AvgIpc) is 2.15. The van der Waals surface area contributed by atoms with E-state index in [1.807, 2.05) is 6.07 Å². The smallest absolute Gasteiger partial charge is 0.339 e. The number of carboxylic acids is 1. The Morgan fingerprint density at radius 1 is 1.67 bits per heavy atom. The third-order valence-corrected chi connectivity index (χ3v) is 2.27. The molecule has 1 rings (SSSR count). The summed E-state index contributed by atoms with van der Waals surface area (Å²) in [7, 11) is 0. The summed E-state index contributed by atoms with van der Waals surface area (Å²) in [6.45, 7) is 5.61. The minimum absolute atomic E-state index is 0.156. The Labute approximate surface area is 96.5 Å². The van der Waals surface area contributed by atoms with Gasteiger partial charge >= 0.3 is 5.97 Å². The fourth-order valence-corrected chi connectivity index (χ4v) is 1.79. The molecule has 80 valence electrons. The first-order valence-corrected chi connectivity index (χ1v) is 5.12. The normalized spacial score (nSPS) is 9.73. The van der Waals surface area contributed by atoms with Crippen LogP contribution in [0.2, 0.25) is 0 Å². The molecular weight excluding hydrogens is 260 g/mol. The van der Waals surface area contributed by atoms with Crippen molar-refractivity contribution in [3.63, 3.8) is 0 Å². The molecule has 1 aromatic carbocycles. The summed E-state index contributed by atoms with van der Waals surface area (Å²) in [5, 5.41) is 8.99. The molecule has 0 aliphatic rings. The lowest BCUT2D eigenvalue weighted by Gasteiger charge is -2.10. The maximum atomic E-state index is 11.0. The lowest BCUT2D eigenvalue weighted by atomic mass is 10.1. The third kappa shape index (κ3) is 2.83. The summed E-state index contributed by atoms with van der Waals surface area (Å²) < 4.78 is 6.04. The van der Waals surface area contributed by atoms with Gasteiger partial charge in [0, 0.05) is 4.47 Å². The quantitative estimate of drug-likeness (QED) is 0.856. The van der Waals surface area contributed by atoms with Gasteiger partial charge in [0.15, 0.2) is 0 Å². The number of aryl methyl sites for hydroxylation is 1. The summed E-state index contributed by atoms with van der Waals surface area (Å²) in [6, 6.07) is 3.33. The predicted molar refractivity (Wildman–Crippen MR) is 61.5 cm³/mol. The van der Waals surface area contributed by atoms with E-state index in [1.165, 1.54) is 6.07 Å². The van der Waals surface area contributed by atoms with Gasteiger partial charge in [-0.05, 0) is 24.6 Å². The van der Waals surface area contributed by atoms with Crippen molar-refractivity contribution in [2.24, 2.45) is 0 Å². The van der Waals surface area contributed by atoms with Gasteiger partial charge in [0.2, 0.25) is 0 Å². The van der Waals surface area contributed by atoms with Crippen LogP contribution >= 0.6 is 15.9 Å². The van der Waals surface area contributed by atoms with Crippen LogP contribution in [-0.4, -0.2) is 17.7 Å². The Morgan fingerprint density at radius 3 is 2.87 bits per heavy atom. The second-order valence-corrected chi connectivity index (χ2v) is 3.92. The molecule has 0 unspecified atom stereocenters. The van der Waals surface area contributed by atoms with Crippen LogP contribution in [0.15, 0.2) is 29.3 Å². The van der Waals surface area contributed by atoms with Crippen LogP contribution in [0.3, 0.4) is 0 Å². The van der Waals surface area contributed by atoms with Crippen LogP contribution in [0.25, 0.3) is 0 Å². The van der Waals surface area contributed by atoms with Crippen molar-refractivity contribution >= 4 is 21.9 Å². The van der Waals surface area contributed by atoms with Gasteiger partial charge < -0.3 is 9.84 Å². The van der Waals surface area contributed by atoms with Crippen molar-refractivity contribution in [2.75, 3.05) is 6.61 Å². The number of rotatable bonds is 4. The largest absolute Gasteiger partial charge is 0.488 e. The molecule has 0 aliphatic carbocycles. The second-order valence-electron chi connectivity index (χ2n) is 3.00. The summed E-state index contributed by atoms with van der Waals surface area (Å²) in [5.74, 6) is -0.607. The Balaban J connectivity index is 3.20. The highest BCUT2D eigenvalue weighted by atomic mass is 79.9. The SMILES string of the molecule is C=CCOc1c(C)cc(Br)cc1C(=O)O. The zero-order valence-corrected chi connectivity index (χ0v) is 9.87. The van der Waals surface area contributed by atoms with Crippen molar-refractivity contribution in [3.8, 4) is 5.75 Å². The average molecular weight is 271 g/mol. The maximum absolute atomic E-state index is 11.0. The number of carbonyl (C=O) groups is 1. The molecule has 0 spiro atoms. The Kier molecular flexibility index (Phi) is 3.91. The van der Waals surface area contributed by atoms with Crippen LogP contribution in [-0.2, 0) is 0 Å². The minimum atomic E-state index is -1.00. The van der Waals surface area contributed by atoms with Gasteiger partial charge in [-0.1, -0.05) is 28.6 Å². The number of halogens is 1. The van der Waals surface area contributed by atoms with E-state index in [1.54, 1.807) is 13.0 Å². The van der Waals surface area contributed by atoms with Crippen LogP contribution in [0.5, 0.6) is 5.75 Å². The molecule has 0 saturated carbocycles. The number of ether oxygens (including phenoxy) is 1. The van der Waals surface area contributed by atoms with E-state index in [4.69, 9.17) is 9.84 Å². The van der Waals surface area contributed by atoms with Crippen LogP contribution < -0.4 is 4.74 Å². The van der Waals surface area contributed by atoms with Crippen molar-refractivity contribution in [2.45, 2.75) is 6.92 Å². The highest BCUT2D eigenvalue weighted by molar-refractivity contribution is 9.10. The fourth-order valence-electron chi connectivity index (χ4n) is 1.22. The molecule has 15 heavy (non-hydrogen) atoms. The highest BCUT2D eigenvalue weighted by Crippen LogP contribution is 2.28. The highest BCUT2D eigenvalue weighted by Gasteiger charge is 2.14. The van der Waals surface area contributed by atoms with Crippen molar-refractivity contribution in [1.82, 2.24) is 0 Å². The zero-order chi connectivity index (χ0) is 11.4. The third-order valence-electron chi connectivity index (χ3n) is 1.82. The standard InChI is InChI=1S/C11H11BrO3/c1-3-4-15-10-7(2)5-8(12)6-9(10)11(13)14/h3,5-6H,1,4H2,2H3,(H,13,14). The van der Waals surface area contributed by atoms with Crippen LogP contribution in [0.4, 0.5) is 0 Å². The first kappa shape index (κ1) is 11.8. The Bertz CT molecular complexity index is 399. The molecule has 0 saturated heterocycles.